The average Bonchev–Trinajstić information content (AvgIpc) is 2.21. The van der Waals surface area contributed by atoms with Gasteiger partial charge >= 0.3 is 5.97 Å². The molecule has 88 valence electrons. The maximum absolute atomic E-state index is 11.4. The van der Waals surface area contributed by atoms with Crippen molar-refractivity contribution in [3.8, 4) is 0 Å². The Hall–Kier alpha value is -1.06. The highest BCUT2D eigenvalue weighted by atomic mass is 16.5. The Kier molecular flexibility index (Phi) is 6.75. The van der Waals surface area contributed by atoms with Crippen LogP contribution in [0.2, 0.25) is 0 Å². The number of esters is 1. The summed E-state index contributed by atoms with van der Waals surface area (Å²) in [4.78, 5) is 22.2. The van der Waals surface area contributed by atoms with Crippen molar-refractivity contribution < 1.29 is 14.3 Å². The maximum Gasteiger partial charge on any atom is 0.325 e. The first-order valence-corrected chi connectivity index (χ1v) is 5.34. The van der Waals surface area contributed by atoms with Crippen molar-refractivity contribution in [2.45, 2.75) is 33.6 Å². The molecule has 1 amide bonds. The molecule has 1 unspecified atom stereocenters. The fourth-order valence-corrected chi connectivity index (χ4v) is 1.40. The Morgan fingerprint density at radius 3 is 2.33 bits per heavy atom. The van der Waals surface area contributed by atoms with E-state index in [4.69, 9.17) is 0 Å². The van der Waals surface area contributed by atoms with Gasteiger partial charge in [-0.1, -0.05) is 27.2 Å². The summed E-state index contributed by atoms with van der Waals surface area (Å²) in [5, 5.41) is 2.54. The Bertz CT molecular complexity index is 214. The van der Waals surface area contributed by atoms with Gasteiger partial charge in [0.25, 0.3) is 0 Å². The maximum atomic E-state index is 11.4. The third kappa shape index (κ3) is 6.10. The summed E-state index contributed by atoms with van der Waals surface area (Å²) in [6.45, 7) is 6.23. The average molecular weight is 215 g/mol. The molecule has 0 aromatic heterocycles. The van der Waals surface area contributed by atoms with Gasteiger partial charge in [-0.2, -0.15) is 0 Å². The first-order chi connectivity index (χ1) is 7.01. The number of nitrogens with one attached hydrogen (secondary N) is 1. The lowest BCUT2D eigenvalue weighted by Gasteiger charge is -2.17. The van der Waals surface area contributed by atoms with E-state index in [1.165, 1.54) is 7.11 Å². The lowest BCUT2D eigenvalue weighted by atomic mass is 9.90. The summed E-state index contributed by atoms with van der Waals surface area (Å²) in [5.74, 6) is 0.364. The van der Waals surface area contributed by atoms with Crippen molar-refractivity contribution in [1.82, 2.24) is 5.32 Å². The van der Waals surface area contributed by atoms with Crippen LogP contribution in [0.15, 0.2) is 0 Å². The van der Waals surface area contributed by atoms with Crippen LogP contribution in [-0.4, -0.2) is 25.5 Å². The topological polar surface area (TPSA) is 55.4 Å². The molecular formula is C11H21NO3. The normalized spacial score (nSPS) is 12.3. The molecule has 1 N–H and O–H groups in total. The van der Waals surface area contributed by atoms with Gasteiger partial charge in [-0.25, -0.2) is 0 Å². The van der Waals surface area contributed by atoms with Crippen molar-refractivity contribution in [2.75, 3.05) is 13.7 Å². The highest BCUT2D eigenvalue weighted by Crippen LogP contribution is 2.18. The van der Waals surface area contributed by atoms with Crippen molar-refractivity contribution >= 4 is 11.9 Å². The molecule has 4 nitrogen and oxygen atoms in total. The number of rotatable bonds is 6. The molecule has 0 aromatic rings. The second kappa shape index (κ2) is 7.26. The minimum atomic E-state index is -0.416. The van der Waals surface area contributed by atoms with Gasteiger partial charge in [-0.15, -0.1) is 0 Å². The second-order valence-electron chi connectivity index (χ2n) is 3.97. The van der Waals surface area contributed by atoms with Crippen LogP contribution in [-0.2, 0) is 14.3 Å². The number of carbonyl (C=O) groups is 2. The zero-order valence-electron chi connectivity index (χ0n) is 10.0. The fraction of sp³-hybridized carbons (Fsp3) is 0.818. The van der Waals surface area contributed by atoms with Crippen molar-refractivity contribution in [2.24, 2.45) is 11.8 Å². The van der Waals surface area contributed by atoms with Gasteiger partial charge in [0.05, 0.1) is 7.11 Å². The van der Waals surface area contributed by atoms with Crippen LogP contribution in [0, 0.1) is 11.8 Å². The molecule has 0 fully saturated rings. The van der Waals surface area contributed by atoms with Crippen LogP contribution in [0.5, 0.6) is 0 Å². The predicted octanol–water partition coefficient (Wildman–Crippen LogP) is 1.35. The predicted molar refractivity (Wildman–Crippen MR) is 58.3 cm³/mol. The van der Waals surface area contributed by atoms with Gasteiger partial charge in [0.1, 0.15) is 6.54 Å². The quantitative estimate of drug-likeness (QED) is 0.680. The van der Waals surface area contributed by atoms with Crippen LogP contribution in [0.1, 0.15) is 33.6 Å². The molecule has 0 heterocycles. The number of hydrogen-bond acceptors (Lipinski definition) is 3. The summed E-state index contributed by atoms with van der Waals surface area (Å²) in [6, 6.07) is 0. The minimum absolute atomic E-state index is 0.0378. The van der Waals surface area contributed by atoms with Gasteiger partial charge in [0, 0.05) is 6.42 Å². The van der Waals surface area contributed by atoms with Gasteiger partial charge in [0.15, 0.2) is 0 Å². The first kappa shape index (κ1) is 13.9. The van der Waals surface area contributed by atoms with Gasteiger partial charge < -0.3 is 10.1 Å². The van der Waals surface area contributed by atoms with Crippen molar-refractivity contribution in [3.05, 3.63) is 0 Å². The molecule has 0 aromatic carbocycles. The number of hydrogen-bond donors (Lipinski definition) is 1. The van der Waals surface area contributed by atoms with Gasteiger partial charge in [-0.05, 0) is 11.8 Å². The van der Waals surface area contributed by atoms with E-state index >= 15 is 0 Å². The van der Waals surface area contributed by atoms with E-state index in [1.54, 1.807) is 0 Å². The standard InChI is InChI=1S/C11H21NO3/c1-5-9(8(2)3)6-10(13)12-7-11(14)15-4/h8-9H,5-7H2,1-4H3,(H,12,13). The Morgan fingerprint density at radius 1 is 1.33 bits per heavy atom. The third-order valence-corrected chi connectivity index (χ3v) is 2.57. The second-order valence-corrected chi connectivity index (χ2v) is 3.97. The lowest BCUT2D eigenvalue weighted by molar-refractivity contribution is -0.141. The molecule has 0 spiro atoms. The number of carbonyl (C=O) groups excluding carboxylic acids is 2. The molecular weight excluding hydrogens is 194 g/mol. The summed E-state index contributed by atoms with van der Waals surface area (Å²) in [6.07, 6.45) is 1.45. The van der Waals surface area contributed by atoms with Crippen molar-refractivity contribution in [3.63, 3.8) is 0 Å². The molecule has 15 heavy (non-hydrogen) atoms. The molecule has 0 saturated carbocycles. The summed E-state index contributed by atoms with van der Waals surface area (Å²) in [5.41, 5.74) is 0. The molecule has 4 heteroatoms. The highest BCUT2D eigenvalue weighted by Gasteiger charge is 2.15. The van der Waals surface area contributed by atoms with Gasteiger partial charge in [-0.3, -0.25) is 9.59 Å². The van der Waals surface area contributed by atoms with E-state index in [2.05, 4.69) is 30.8 Å². The van der Waals surface area contributed by atoms with E-state index in [-0.39, 0.29) is 12.5 Å². The molecule has 1 atom stereocenters. The summed E-state index contributed by atoms with van der Waals surface area (Å²) >= 11 is 0. The highest BCUT2D eigenvalue weighted by molar-refractivity contribution is 5.81. The van der Waals surface area contributed by atoms with Crippen LogP contribution in [0.25, 0.3) is 0 Å². The molecule has 0 aliphatic carbocycles. The van der Waals surface area contributed by atoms with Crippen LogP contribution in [0.4, 0.5) is 0 Å². The van der Waals surface area contributed by atoms with E-state index < -0.39 is 5.97 Å². The van der Waals surface area contributed by atoms with Crippen LogP contribution >= 0.6 is 0 Å². The summed E-state index contributed by atoms with van der Waals surface area (Å²) < 4.78 is 4.43. The summed E-state index contributed by atoms with van der Waals surface area (Å²) in [7, 11) is 1.30. The van der Waals surface area contributed by atoms with Crippen LogP contribution < -0.4 is 5.32 Å². The van der Waals surface area contributed by atoms with E-state index in [0.717, 1.165) is 6.42 Å². The van der Waals surface area contributed by atoms with Crippen molar-refractivity contribution in [1.29, 1.82) is 0 Å². The molecule has 0 rings (SSSR count). The smallest absolute Gasteiger partial charge is 0.325 e. The number of methoxy groups -OCH3 is 1. The van der Waals surface area contributed by atoms with E-state index in [9.17, 15) is 9.59 Å². The molecule has 0 aliphatic heterocycles. The Morgan fingerprint density at radius 2 is 1.93 bits per heavy atom. The number of ether oxygens (including phenoxy) is 1. The number of amides is 1. The molecule has 0 saturated heterocycles. The molecule has 0 radical (unpaired) electrons. The Labute approximate surface area is 91.4 Å². The first-order valence-electron chi connectivity index (χ1n) is 5.34. The lowest BCUT2D eigenvalue weighted by Crippen LogP contribution is -2.32. The fourth-order valence-electron chi connectivity index (χ4n) is 1.40. The largest absolute Gasteiger partial charge is 0.468 e. The minimum Gasteiger partial charge on any atom is -0.468 e. The van der Waals surface area contributed by atoms with Crippen LogP contribution in [0.3, 0.4) is 0 Å². The van der Waals surface area contributed by atoms with E-state index in [1.807, 2.05) is 0 Å². The monoisotopic (exact) mass is 215 g/mol. The Balaban J connectivity index is 3.86. The zero-order chi connectivity index (χ0) is 11.8. The van der Waals surface area contributed by atoms with E-state index in [0.29, 0.717) is 18.3 Å². The zero-order valence-corrected chi connectivity index (χ0v) is 10.0. The molecule has 0 bridgehead atoms. The SMILES string of the molecule is CCC(CC(=O)NCC(=O)OC)C(C)C. The molecule has 0 aliphatic rings. The third-order valence-electron chi connectivity index (χ3n) is 2.57. The van der Waals surface area contributed by atoms with Gasteiger partial charge in [0.2, 0.25) is 5.91 Å².